The van der Waals surface area contributed by atoms with Crippen LogP contribution in [-0.2, 0) is 0 Å². The van der Waals surface area contributed by atoms with Crippen molar-refractivity contribution in [1.82, 2.24) is 19.9 Å². The maximum absolute atomic E-state index is 10.1. The van der Waals surface area contributed by atoms with Gasteiger partial charge in [-0.2, -0.15) is 0 Å². The number of fused-ring (bicyclic) bond motifs is 1. The summed E-state index contributed by atoms with van der Waals surface area (Å²) in [5.41, 5.74) is 1.44. The van der Waals surface area contributed by atoms with Crippen LogP contribution in [0.4, 0.5) is 5.82 Å². The molecule has 0 aliphatic heterocycles. The van der Waals surface area contributed by atoms with E-state index < -0.39 is 6.10 Å². The normalized spacial score (nSPS) is 12.2. The minimum absolute atomic E-state index is 0.352. The summed E-state index contributed by atoms with van der Waals surface area (Å²) in [5.74, 6) is 0.663. The first-order valence-electron chi connectivity index (χ1n) is 6.22. The van der Waals surface area contributed by atoms with Crippen molar-refractivity contribution in [2.24, 2.45) is 0 Å². The van der Waals surface area contributed by atoms with Crippen LogP contribution in [0.3, 0.4) is 0 Å². The quantitative estimate of drug-likeness (QED) is 0.746. The Morgan fingerprint density at radius 2 is 1.90 bits per heavy atom. The van der Waals surface area contributed by atoms with Gasteiger partial charge in [0, 0.05) is 25.1 Å². The summed E-state index contributed by atoms with van der Waals surface area (Å²) in [5, 5.41) is 14.1. The van der Waals surface area contributed by atoms with Crippen molar-refractivity contribution in [2.45, 2.75) is 6.10 Å². The molecular weight excluding hydrogens is 254 g/mol. The zero-order valence-corrected chi connectivity index (χ0v) is 10.6. The lowest BCUT2D eigenvalue weighted by Gasteiger charge is -2.13. The molecule has 100 valence electrons. The first-order valence-corrected chi connectivity index (χ1v) is 6.22. The number of hydrogen-bond donors (Lipinski definition) is 2. The van der Waals surface area contributed by atoms with E-state index in [2.05, 4.69) is 25.3 Å². The van der Waals surface area contributed by atoms with Crippen LogP contribution in [0.25, 0.3) is 11.0 Å². The molecule has 3 aromatic heterocycles. The van der Waals surface area contributed by atoms with Crippen LogP contribution >= 0.6 is 0 Å². The van der Waals surface area contributed by atoms with E-state index in [0.29, 0.717) is 18.0 Å². The maximum atomic E-state index is 10.1. The van der Waals surface area contributed by atoms with E-state index in [0.717, 1.165) is 10.9 Å². The van der Waals surface area contributed by atoms with Crippen molar-refractivity contribution >= 4 is 16.9 Å². The zero-order chi connectivity index (χ0) is 13.8. The number of aliphatic hydroxyl groups is 1. The third-order valence-corrected chi connectivity index (χ3v) is 2.96. The molecule has 1 unspecified atom stereocenters. The van der Waals surface area contributed by atoms with Crippen LogP contribution in [0, 0.1) is 0 Å². The standard InChI is InChI=1S/C14H13N5O/c20-12(10-3-6-15-7-4-10)8-17-14-11-2-1-5-16-13(11)18-9-19-14/h1-7,9,12,20H,8H2,(H,16,17,18,19). The largest absolute Gasteiger partial charge is 0.387 e. The SMILES string of the molecule is OC(CNc1ncnc2ncccc12)c1ccncc1. The van der Waals surface area contributed by atoms with Crippen molar-refractivity contribution in [3.05, 3.63) is 54.7 Å². The first kappa shape index (κ1) is 12.4. The summed E-state index contributed by atoms with van der Waals surface area (Å²) in [6.45, 7) is 0.352. The summed E-state index contributed by atoms with van der Waals surface area (Å²) in [7, 11) is 0. The molecule has 6 heteroatoms. The highest BCUT2D eigenvalue weighted by molar-refractivity contribution is 5.85. The lowest BCUT2D eigenvalue weighted by atomic mass is 10.1. The van der Waals surface area contributed by atoms with Gasteiger partial charge < -0.3 is 10.4 Å². The molecular formula is C14H13N5O. The van der Waals surface area contributed by atoms with Gasteiger partial charge >= 0.3 is 0 Å². The molecule has 6 nitrogen and oxygen atoms in total. The summed E-state index contributed by atoms with van der Waals surface area (Å²) in [6.07, 6.45) is 5.83. The smallest absolute Gasteiger partial charge is 0.164 e. The molecule has 0 amide bonds. The molecule has 1 atom stereocenters. The Labute approximate surface area is 115 Å². The molecule has 3 aromatic rings. The van der Waals surface area contributed by atoms with Crippen LogP contribution in [-0.4, -0.2) is 31.6 Å². The van der Waals surface area contributed by atoms with Gasteiger partial charge in [0.2, 0.25) is 0 Å². The Morgan fingerprint density at radius 3 is 2.75 bits per heavy atom. The van der Waals surface area contributed by atoms with Crippen molar-refractivity contribution < 1.29 is 5.11 Å². The van der Waals surface area contributed by atoms with Gasteiger partial charge in [-0.25, -0.2) is 15.0 Å². The number of nitrogens with zero attached hydrogens (tertiary/aromatic N) is 4. The van der Waals surface area contributed by atoms with Crippen LogP contribution < -0.4 is 5.32 Å². The van der Waals surface area contributed by atoms with Gasteiger partial charge in [-0.1, -0.05) is 0 Å². The maximum Gasteiger partial charge on any atom is 0.164 e. The second-order valence-electron chi connectivity index (χ2n) is 4.27. The number of aliphatic hydroxyl groups excluding tert-OH is 1. The number of rotatable bonds is 4. The Bertz CT molecular complexity index is 699. The average molecular weight is 267 g/mol. The van der Waals surface area contributed by atoms with Gasteiger partial charge in [-0.15, -0.1) is 0 Å². The fourth-order valence-corrected chi connectivity index (χ4v) is 1.93. The van der Waals surface area contributed by atoms with E-state index in [-0.39, 0.29) is 0 Å². The van der Waals surface area contributed by atoms with E-state index in [1.807, 2.05) is 12.1 Å². The van der Waals surface area contributed by atoms with Crippen molar-refractivity contribution in [3.63, 3.8) is 0 Å². The number of pyridine rings is 2. The van der Waals surface area contributed by atoms with E-state index in [9.17, 15) is 5.11 Å². The van der Waals surface area contributed by atoms with E-state index in [1.54, 1.807) is 30.7 Å². The first-order chi connectivity index (χ1) is 9.84. The fraction of sp³-hybridized carbons (Fsp3) is 0.143. The minimum Gasteiger partial charge on any atom is -0.387 e. The van der Waals surface area contributed by atoms with Gasteiger partial charge in [0.1, 0.15) is 12.1 Å². The molecule has 0 aliphatic carbocycles. The Hall–Kier alpha value is -2.60. The minimum atomic E-state index is -0.625. The lowest BCUT2D eigenvalue weighted by Crippen LogP contribution is -2.13. The summed E-state index contributed by atoms with van der Waals surface area (Å²) >= 11 is 0. The number of nitrogens with one attached hydrogen (secondary N) is 1. The molecule has 0 fully saturated rings. The summed E-state index contributed by atoms with van der Waals surface area (Å²) < 4.78 is 0. The molecule has 3 heterocycles. The van der Waals surface area contributed by atoms with E-state index in [1.165, 1.54) is 6.33 Å². The average Bonchev–Trinajstić information content (AvgIpc) is 2.53. The number of anilines is 1. The predicted octanol–water partition coefficient (Wildman–Crippen LogP) is 1.57. The highest BCUT2D eigenvalue weighted by Crippen LogP contribution is 2.18. The van der Waals surface area contributed by atoms with Crippen LogP contribution in [0.2, 0.25) is 0 Å². The van der Waals surface area contributed by atoms with E-state index >= 15 is 0 Å². The second kappa shape index (κ2) is 5.58. The van der Waals surface area contributed by atoms with Gasteiger partial charge in [0.05, 0.1) is 11.5 Å². The van der Waals surface area contributed by atoms with Crippen LogP contribution in [0.5, 0.6) is 0 Å². The van der Waals surface area contributed by atoms with Gasteiger partial charge in [-0.05, 0) is 29.8 Å². The number of hydrogen-bond acceptors (Lipinski definition) is 6. The van der Waals surface area contributed by atoms with E-state index in [4.69, 9.17) is 0 Å². The third kappa shape index (κ3) is 2.55. The molecule has 0 bridgehead atoms. The molecule has 0 aromatic carbocycles. The van der Waals surface area contributed by atoms with Gasteiger partial charge in [-0.3, -0.25) is 4.98 Å². The Balaban J connectivity index is 1.77. The molecule has 0 saturated carbocycles. The highest BCUT2D eigenvalue weighted by Gasteiger charge is 2.09. The molecule has 0 spiro atoms. The summed E-state index contributed by atoms with van der Waals surface area (Å²) in [4.78, 5) is 16.4. The predicted molar refractivity (Wildman–Crippen MR) is 75.0 cm³/mol. The van der Waals surface area contributed by atoms with Crippen molar-refractivity contribution in [1.29, 1.82) is 0 Å². The Morgan fingerprint density at radius 1 is 1.05 bits per heavy atom. The van der Waals surface area contributed by atoms with Crippen molar-refractivity contribution in [2.75, 3.05) is 11.9 Å². The monoisotopic (exact) mass is 267 g/mol. The van der Waals surface area contributed by atoms with Crippen LogP contribution in [0.1, 0.15) is 11.7 Å². The molecule has 0 saturated heterocycles. The van der Waals surface area contributed by atoms with Crippen LogP contribution in [0.15, 0.2) is 49.2 Å². The number of aromatic nitrogens is 4. The topological polar surface area (TPSA) is 83.8 Å². The molecule has 20 heavy (non-hydrogen) atoms. The lowest BCUT2D eigenvalue weighted by molar-refractivity contribution is 0.191. The highest BCUT2D eigenvalue weighted by atomic mass is 16.3. The van der Waals surface area contributed by atoms with Gasteiger partial charge in [0.15, 0.2) is 5.65 Å². The molecule has 0 radical (unpaired) electrons. The zero-order valence-electron chi connectivity index (χ0n) is 10.6. The molecule has 2 N–H and O–H groups in total. The summed E-state index contributed by atoms with van der Waals surface area (Å²) in [6, 6.07) is 7.29. The van der Waals surface area contributed by atoms with Gasteiger partial charge in [0.25, 0.3) is 0 Å². The second-order valence-corrected chi connectivity index (χ2v) is 4.27. The molecule has 0 aliphatic rings. The third-order valence-electron chi connectivity index (χ3n) is 2.96. The Kier molecular flexibility index (Phi) is 3.47. The molecule has 3 rings (SSSR count). The fourth-order valence-electron chi connectivity index (χ4n) is 1.93. The van der Waals surface area contributed by atoms with Crippen molar-refractivity contribution in [3.8, 4) is 0 Å².